The van der Waals surface area contributed by atoms with Crippen LogP contribution >= 0.6 is 22.9 Å². The molecule has 0 atom stereocenters. The first kappa shape index (κ1) is 15.6. The number of sulfonamides is 1. The Morgan fingerprint density at radius 2 is 2.00 bits per heavy atom. The van der Waals surface area contributed by atoms with Crippen LogP contribution in [0.15, 0.2) is 34.5 Å². The van der Waals surface area contributed by atoms with Gasteiger partial charge in [-0.25, -0.2) is 8.42 Å². The van der Waals surface area contributed by atoms with Crippen molar-refractivity contribution in [2.24, 2.45) is 0 Å². The molecule has 0 fully saturated rings. The minimum Gasteiger partial charge on any atom is -0.506 e. The van der Waals surface area contributed by atoms with Gasteiger partial charge in [0.25, 0.3) is 10.0 Å². The zero-order valence-corrected chi connectivity index (χ0v) is 12.8. The maximum Gasteiger partial charge on any atom is 0.308 e. The van der Waals surface area contributed by atoms with Crippen LogP contribution in [0.3, 0.4) is 0 Å². The number of carbonyl (C=O) groups is 1. The minimum atomic E-state index is -3.82. The van der Waals surface area contributed by atoms with E-state index in [4.69, 9.17) is 16.7 Å². The molecule has 1 aromatic carbocycles. The Morgan fingerprint density at radius 1 is 1.29 bits per heavy atom. The molecular formula is C12H10ClNO5S2. The lowest BCUT2D eigenvalue weighted by Crippen LogP contribution is -2.11. The van der Waals surface area contributed by atoms with Crippen LogP contribution in [0, 0.1) is 0 Å². The normalized spacial score (nSPS) is 11.3. The van der Waals surface area contributed by atoms with E-state index < -0.39 is 16.0 Å². The van der Waals surface area contributed by atoms with Gasteiger partial charge in [-0.15, -0.1) is 11.3 Å². The van der Waals surface area contributed by atoms with Crippen molar-refractivity contribution in [3.05, 3.63) is 40.2 Å². The van der Waals surface area contributed by atoms with Crippen LogP contribution in [0.25, 0.3) is 0 Å². The van der Waals surface area contributed by atoms with E-state index in [2.05, 4.69) is 4.72 Å². The molecular weight excluding hydrogens is 338 g/mol. The largest absolute Gasteiger partial charge is 0.506 e. The first-order chi connectivity index (χ1) is 9.78. The van der Waals surface area contributed by atoms with E-state index in [1.54, 1.807) is 0 Å². The fourth-order valence-electron chi connectivity index (χ4n) is 1.52. The van der Waals surface area contributed by atoms with E-state index in [9.17, 15) is 18.3 Å². The number of aliphatic carboxylic acids is 1. The Hall–Kier alpha value is -1.77. The van der Waals surface area contributed by atoms with Gasteiger partial charge in [-0.3, -0.25) is 9.52 Å². The van der Waals surface area contributed by atoms with Crippen LogP contribution in [0.4, 0.5) is 5.69 Å². The molecule has 0 aliphatic heterocycles. The molecule has 1 heterocycles. The number of carboxylic acids is 1. The molecule has 0 aliphatic rings. The molecule has 0 aliphatic carbocycles. The summed E-state index contributed by atoms with van der Waals surface area (Å²) in [6, 6.07) is 6.71. The fourth-order valence-corrected chi connectivity index (χ4v) is 4.10. The Bertz CT molecular complexity index is 785. The van der Waals surface area contributed by atoms with Crippen molar-refractivity contribution in [3.63, 3.8) is 0 Å². The van der Waals surface area contributed by atoms with Gasteiger partial charge in [-0.05, 0) is 30.3 Å². The molecule has 0 saturated heterocycles. The number of nitrogens with one attached hydrogen (secondary N) is 1. The highest BCUT2D eigenvalue weighted by Crippen LogP contribution is 2.29. The van der Waals surface area contributed by atoms with Gasteiger partial charge < -0.3 is 10.2 Å². The number of thiophene rings is 1. The smallest absolute Gasteiger partial charge is 0.308 e. The molecule has 0 bridgehead atoms. The summed E-state index contributed by atoms with van der Waals surface area (Å²) in [5.41, 5.74) is 0.200. The molecule has 0 amide bonds. The molecule has 6 nitrogen and oxygen atoms in total. The Balaban J connectivity index is 2.23. The number of anilines is 1. The summed E-state index contributed by atoms with van der Waals surface area (Å²) in [6.07, 6.45) is -0.231. The molecule has 2 aromatic rings. The second kappa shape index (κ2) is 5.92. The third kappa shape index (κ3) is 3.87. The van der Waals surface area contributed by atoms with Gasteiger partial charge in [0.1, 0.15) is 9.96 Å². The molecule has 0 saturated carbocycles. The zero-order valence-electron chi connectivity index (χ0n) is 10.4. The zero-order chi connectivity index (χ0) is 15.6. The molecule has 21 heavy (non-hydrogen) atoms. The van der Waals surface area contributed by atoms with E-state index in [0.29, 0.717) is 4.88 Å². The molecule has 112 valence electrons. The molecule has 1 aromatic heterocycles. The highest BCUT2D eigenvalue weighted by molar-refractivity contribution is 7.94. The van der Waals surface area contributed by atoms with E-state index in [-0.39, 0.29) is 27.1 Å². The predicted molar refractivity (Wildman–Crippen MR) is 79.6 cm³/mol. The summed E-state index contributed by atoms with van der Waals surface area (Å²) in [5, 5.41) is 18.0. The lowest BCUT2D eigenvalue weighted by molar-refractivity contribution is -0.136. The fraction of sp³-hybridized carbons (Fsp3) is 0.0833. The first-order valence-corrected chi connectivity index (χ1v) is 8.27. The maximum absolute atomic E-state index is 12.1. The number of halogens is 1. The van der Waals surface area contributed by atoms with E-state index >= 15 is 0 Å². The number of phenols is 1. The number of aromatic hydroxyl groups is 1. The molecule has 0 spiro atoms. The summed E-state index contributed by atoms with van der Waals surface area (Å²) in [6.45, 7) is 0. The van der Waals surface area contributed by atoms with Crippen molar-refractivity contribution in [2.45, 2.75) is 10.6 Å². The summed E-state index contributed by atoms with van der Waals surface area (Å²) < 4.78 is 26.6. The van der Waals surface area contributed by atoms with Gasteiger partial charge in [0.2, 0.25) is 0 Å². The van der Waals surface area contributed by atoms with Crippen LogP contribution in [0.1, 0.15) is 4.88 Å². The Kier molecular flexibility index (Phi) is 4.40. The van der Waals surface area contributed by atoms with Gasteiger partial charge in [-0.2, -0.15) is 0 Å². The Labute approximate surface area is 129 Å². The third-order valence-electron chi connectivity index (χ3n) is 2.43. The number of phenolic OH excluding ortho intramolecular Hbond substituents is 1. The monoisotopic (exact) mass is 347 g/mol. The van der Waals surface area contributed by atoms with E-state index in [1.165, 1.54) is 30.3 Å². The molecule has 2 rings (SSSR count). The molecule has 9 heteroatoms. The van der Waals surface area contributed by atoms with Gasteiger partial charge >= 0.3 is 5.97 Å². The highest BCUT2D eigenvalue weighted by atomic mass is 35.5. The van der Waals surface area contributed by atoms with Gasteiger partial charge in [0.05, 0.1) is 17.1 Å². The van der Waals surface area contributed by atoms with Crippen LogP contribution in [0.2, 0.25) is 5.02 Å². The average Bonchev–Trinajstić information content (AvgIpc) is 2.82. The summed E-state index contributed by atoms with van der Waals surface area (Å²) in [4.78, 5) is 11.0. The van der Waals surface area contributed by atoms with Crippen molar-refractivity contribution >= 4 is 44.6 Å². The van der Waals surface area contributed by atoms with Crippen molar-refractivity contribution < 1.29 is 23.4 Å². The van der Waals surface area contributed by atoms with Gasteiger partial charge in [-0.1, -0.05) is 11.6 Å². The highest BCUT2D eigenvalue weighted by Gasteiger charge is 2.18. The van der Waals surface area contributed by atoms with Gasteiger partial charge in [0, 0.05) is 4.88 Å². The lowest BCUT2D eigenvalue weighted by atomic mass is 10.3. The van der Waals surface area contributed by atoms with E-state index in [0.717, 1.165) is 11.3 Å². The Morgan fingerprint density at radius 3 is 2.62 bits per heavy atom. The van der Waals surface area contributed by atoms with Crippen molar-refractivity contribution in [1.82, 2.24) is 0 Å². The number of carboxylic acid groups (broad SMARTS) is 1. The minimum absolute atomic E-state index is 0.00273. The second-order valence-electron chi connectivity index (χ2n) is 4.06. The number of hydrogen-bond acceptors (Lipinski definition) is 5. The standard InChI is InChI=1S/C12H10ClNO5S2/c13-9-5-7(1-3-10(9)15)14-21(18,19)12-4-2-8(20-12)6-11(16)17/h1-5,14-15H,6H2,(H,16,17). The predicted octanol–water partition coefficient (Wildman–Crippen LogP) is 2.54. The average molecular weight is 348 g/mol. The second-order valence-corrected chi connectivity index (χ2v) is 7.55. The van der Waals surface area contributed by atoms with Crippen molar-refractivity contribution in [2.75, 3.05) is 4.72 Å². The van der Waals surface area contributed by atoms with Crippen LogP contribution in [-0.2, 0) is 21.2 Å². The van der Waals surface area contributed by atoms with Crippen molar-refractivity contribution in [3.8, 4) is 5.75 Å². The number of benzene rings is 1. The summed E-state index contributed by atoms with van der Waals surface area (Å²) in [5.74, 6) is -1.18. The molecule has 0 unspecified atom stereocenters. The lowest BCUT2D eigenvalue weighted by Gasteiger charge is -2.07. The number of rotatable bonds is 5. The van der Waals surface area contributed by atoms with Gasteiger partial charge in [0.15, 0.2) is 0 Å². The van der Waals surface area contributed by atoms with Crippen molar-refractivity contribution in [1.29, 1.82) is 0 Å². The third-order valence-corrected chi connectivity index (χ3v) is 5.69. The quantitative estimate of drug-likeness (QED) is 0.721. The maximum atomic E-state index is 12.1. The van der Waals surface area contributed by atoms with Crippen LogP contribution < -0.4 is 4.72 Å². The van der Waals surface area contributed by atoms with Crippen LogP contribution in [-0.4, -0.2) is 24.6 Å². The topological polar surface area (TPSA) is 104 Å². The molecule has 0 radical (unpaired) electrons. The SMILES string of the molecule is O=C(O)Cc1ccc(S(=O)(=O)Nc2ccc(O)c(Cl)c2)s1. The van der Waals surface area contributed by atoms with Crippen LogP contribution in [0.5, 0.6) is 5.75 Å². The first-order valence-electron chi connectivity index (χ1n) is 5.60. The summed E-state index contributed by atoms with van der Waals surface area (Å²) in [7, 11) is -3.82. The molecule has 3 N–H and O–H groups in total. The number of hydrogen-bond donors (Lipinski definition) is 3. The van der Waals surface area contributed by atoms with E-state index in [1.807, 2.05) is 0 Å². The summed E-state index contributed by atoms with van der Waals surface area (Å²) >= 11 is 6.58.